The quantitative estimate of drug-likeness (QED) is 0.262. The second-order valence-corrected chi connectivity index (χ2v) is 0. The van der Waals surface area contributed by atoms with Crippen LogP contribution in [0, 0.1) is 0 Å². The summed E-state index contributed by atoms with van der Waals surface area (Å²) in [7, 11) is 0. The van der Waals surface area contributed by atoms with Gasteiger partial charge in [0, 0.05) is 0 Å². The van der Waals surface area contributed by atoms with E-state index in [-0.39, 0.29) is 46.2 Å². The second kappa shape index (κ2) is 8460. The van der Waals surface area contributed by atoms with Crippen molar-refractivity contribution in [2.45, 2.75) is 0 Å². The summed E-state index contributed by atoms with van der Waals surface area (Å²) >= 11 is 0. The Morgan fingerprint density at radius 2 is 0.286 bits per heavy atom. The summed E-state index contributed by atoms with van der Waals surface area (Å²) in [5.74, 6) is 0. The Morgan fingerprint density at radius 3 is 0.286 bits per heavy atom. The molecule has 0 fully saturated rings. The predicted octanol–water partition coefficient (Wildman–Crippen LogP) is -18.4. The van der Waals surface area contributed by atoms with Gasteiger partial charge in [-0.05, 0) is 0 Å². The van der Waals surface area contributed by atoms with Gasteiger partial charge < -0.3 is 28.2 Å². The Balaban J connectivity index is 0. The maximum absolute atomic E-state index is 0. The van der Waals surface area contributed by atoms with Crippen LogP contribution in [-0.2, 0) is 0 Å². The predicted molar refractivity (Wildman–Crippen MR) is 5.75 cm³/mol. The number of rotatable bonds is 0. The Hall–Kier alpha value is 0.138. The van der Waals surface area contributed by atoms with E-state index in [1.807, 2.05) is 0 Å². The Labute approximate surface area is 47.2 Å². The molecule has 0 radical (unpaired) electrons. The van der Waals surface area contributed by atoms with Crippen LogP contribution in [0.25, 0.3) is 0 Å². The zero-order valence-corrected chi connectivity index (χ0v) is 4.59. The SMILES string of the molecule is [As+5].[F-].[F-].[F-].[F-].[F-].[F-]. The zero-order valence-electron chi connectivity index (χ0n) is 2.72. The first-order chi connectivity index (χ1) is 0. The molecule has 0 aromatic heterocycles. The average molecular weight is 189 g/mol. The number of hydrogen-bond acceptors (Lipinski definition) is 0. The molecule has 0 spiro atoms. The van der Waals surface area contributed by atoms with Crippen LogP contribution in [0.1, 0.15) is 0 Å². The van der Waals surface area contributed by atoms with Crippen molar-refractivity contribution in [2.24, 2.45) is 0 Å². The first-order valence-electron chi connectivity index (χ1n) is 0. The van der Waals surface area contributed by atoms with Crippen molar-refractivity contribution < 1.29 is 28.2 Å². The van der Waals surface area contributed by atoms with Crippen LogP contribution in [0.4, 0.5) is 0 Å². The third-order valence-electron chi connectivity index (χ3n) is 0. The molecule has 0 unspecified atom stereocenters. The van der Waals surface area contributed by atoms with Gasteiger partial charge in [-0.25, -0.2) is 0 Å². The van der Waals surface area contributed by atoms with Crippen LogP contribution in [0.3, 0.4) is 0 Å². The maximum Gasteiger partial charge on any atom is 5.00 e. The van der Waals surface area contributed by atoms with Gasteiger partial charge in [0.2, 0.25) is 0 Å². The van der Waals surface area contributed by atoms with Crippen molar-refractivity contribution in [3.63, 3.8) is 0 Å². The van der Waals surface area contributed by atoms with Gasteiger partial charge in [-0.15, -0.1) is 0 Å². The molecule has 0 aliphatic heterocycles. The van der Waals surface area contributed by atoms with Gasteiger partial charge in [0.05, 0.1) is 0 Å². The van der Waals surface area contributed by atoms with Gasteiger partial charge in [0.1, 0.15) is 0 Å². The van der Waals surface area contributed by atoms with Gasteiger partial charge in [-0.3, -0.25) is 0 Å². The second-order valence-electron chi connectivity index (χ2n) is 0. The van der Waals surface area contributed by atoms with Crippen molar-refractivity contribution in [1.29, 1.82) is 0 Å². The first kappa shape index (κ1) is 14000. The molecule has 7 heavy (non-hydrogen) atoms. The molecule has 48 valence electrons. The summed E-state index contributed by atoms with van der Waals surface area (Å²) in [6.07, 6.45) is 0. The van der Waals surface area contributed by atoms with Gasteiger partial charge in [0.25, 0.3) is 0 Å². The molecule has 0 heterocycles. The molecule has 0 saturated carbocycles. The summed E-state index contributed by atoms with van der Waals surface area (Å²) in [5, 5.41) is 0. The van der Waals surface area contributed by atoms with E-state index in [2.05, 4.69) is 0 Å². The van der Waals surface area contributed by atoms with Crippen LogP contribution < -0.4 is 28.2 Å². The normalized spacial score (nSPS) is 0. The van der Waals surface area contributed by atoms with E-state index in [1.165, 1.54) is 0 Å². The monoisotopic (exact) mass is 189 g/mol. The third-order valence-corrected chi connectivity index (χ3v) is 0. The maximum atomic E-state index is 0. The summed E-state index contributed by atoms with van der Waals surface area (Å²) in [4.78, 5) is 0. The molecule has 0 aliphatic carbocycles. The molecule has 0 atom stereocenters. The molecule has 0 aromatic rings. The van der Waals surface area contributed by atoms with Crippen molar-refractivity contribution >= 4 is 18.0 Å². The van der Waals surface area contributed by atoms with Crippen LogP contribution >= 0.6 is 0 Å². The molecule has 0 nitrogen and oxygen atoms in total. The van der Waals surface area contributed by atoms with Crippen LogP contribution in [0.2, 0.25) is 0 Å². The Morgan fingerprint density at radius 1 is 0.286 bits per heavy atom. The van der Waals surface area contributed by atoms with Crippen molar-refractivity contribution in [2.75, 3.05) is 0 Å². The zero-order chi connectivity index (χ0) is 0. The molecule has 0 N–H and O–H groups in total. The molecule has 0 aliphatic rings. The fourth-order valence-corrected chi connectivity index (χ4v) is 0. The number of hydrogen-bond donors (Lipinski definition) is 0. The summed E-state index contributed by atoms with van der Waals surface area (Å²) in [5.41, 5.74) is 0. The summed E-state index contributed by atoms with van der Waals surface area (Å²) < 4.78 is 0. The van der Waals surface area contributed by atoms with Gasteiger partial charge >= 0.3 is 18.0 Å². The van der Waals surface area contributed by atoms with E-state index >= 15 is 0 Å². The number of halogens is 6. The van der Waals surface area contributed by atoms with Crippen molar-refractivity contribution in [1.82, 2.24) is 0 Å². The molecule has 0 aromatic carbocycles. The van der Waals surface area contributed by atoms with Crippen molar-refractivity contribution in [3.05, 3.63) is 0 Å². The molecule has 0 rings (SSSR count). The minimum Gasteiger partial charge on any atom is -1.00 e. The van der Waals surface area contributed by atoms with E-state index in [0.29, 0.717) is 0 Å². The van der Waals surface area contributed by atoms with Gasteiger partial charge in [-0.1, -0.05) is 0 Å². The van der Waals surface area contributed by atoms with E-state index < -0.39 is 0 Å². The molecule has 0 saturated heterocycles. The minimum absolute atomic E-state index is 0. The van der Waals surface area contributed by atoms with Crippen LogP contribution in [-0.4, -0.2) is 18.0 Å². The fourth-order valence-electron chi connectivity index (χ4n) is 0. The molecular formula is AsF6-. The molecule has 7 heteroatoms. The van der Waals surface area contributed by atoms with E-state index in [9.17, 15) is 0 Å². The Kier molecular flexibility index (Phi) is 17000000. The minimum atomic E-state index is 0. The van der Waals surface area contributed by atoms with E-state index in [4.69, 9.17) is 0 Å². The van der Waals surface area contributed by atoms with E-state index in [0.717, 1.165) is 0 Å². The van der Waals surface area contributed by atoms with Gasteiger partial charge in [0.15, 0.2) is 0 Å². The summed E-state index contributed by atoms with van der Waals surface area (Å²) in [6.45, 7) is 0. The van der Waals surface area contributed by atoms with Crippen molar-refractivity contribution in [3.8, 4) is 0 Å². The molecule has 0 bridgehead atoms. The standard InChI is InChI=1S/As.6FH/h;6*1H/q+5;;;;;;/p-6. The topological polar surface area (TPSA) is 0 Å². The average Bonchev–Trinajstić information content (AvgIpc) is 0. The van der Waals surface area contributed by atoms with Gasteiger partial charge in [-0.2, -0.15) is 0 Å². The smallest absolute Gasteiger partial charge is 1.00 e. The summed E-state index contributed by atoms with van der Waals surface area (Å²) in [6, 6.07) is 0. The molecular weight excluding hydrogens is 189 g/mol. The van der Waals surface area contributed by atoms with E-state index in [1.54, 1.807) is 0 Å². The van der Waals surface area contributed by atoms with Crippen LogP contribution in [0.15, 0.2) is 0 Å². The fraction of sp³-hybridized carbons (Fsp3) is 0. The molecule has 0 amide bonds. The first-order valence-corrected chi connectivity index (χ1v) is 0. The third kappa shape index (κ3) is 5490. The Bertz CT molecular complexity index is 4.14. The van der Waals surface area contributed by atoms with Crippen LogP contribution in [0.5, 0.6) is 0 Å². The largest absolute Gasteiger partial charge is 5.00 e.